The number of nitrogens with zero attached hydrogens (tertiary/aromatic N) is 2. The number of rotatable bonds is 5. The first-order chi connectivity index (χ1) is 7.75. The van der Waals surface area contributed by atoms with Crippen LogP contribution in [0.2, 0.25) is 0 Å². The van der Waals surface area contributed by atoms with E-state index in [1.54, 1.807) is 17.7 Å². The zero-order chi connectivity index (χ0) is 11.4. The summed E-state index contributed by atoms with van der Waals surface area (Å²) in [6.45, 7) is 5.94. The van der Waals surface area contributed by atoms with Crippen LogP contribution in [-0.4, -0.2) is 15.0 Å². The van der Waals surface area contributed by atoms with Gasteiger partial charge in [0.05, 0.1) is 17.0 Å². The molecule has 0 aliphatic carbocycles. The van der Waals surface area contributed by atoms with E-state index in [4.69, 9.17) is 0 Å². The first-order valence-corrected chi connectivity index (χ1v) is 6.26. The van der Waals surface area contributed by atoms with Crippen molar-refractivity contribution in [3.8, 4) is 0 Å². The molecule has 0 aliphatic rings. The summed E-state index contributed by atoms with van der Waals surface area (Å²) in [5.74, 6) is 0.520. The van der Waals surface area contributed by atoms with E-state index in [2.05, 4.69) is 39.5 Å². The largest absolute Gasteiger partial charge is 0.347 e. The van der Waals surface area contributed by atoms with Crippen molar-refractivity contribution in [1.29, 1.82) is 0 Å². The van der Waals surface area contributed by atoms with Crippen molar-refractivity contribution in [3.63, 3.8) is 0 Å². The molecule has 2 N–H and O–H groups in total. The van der Waals surface area contributed by atoms with Crippen molar-refractivity contribution in [2.45, 2.75) is 32.9 Å². The normalized spacial score (nSPS) is 11.2. The third kappa shape index (κ3) is 2.90. The van der Waals surface area contributed by atoms with E-state index in [1.807, 2.05) is 6.20 Å². The number of H-pyrrole nitrogens is 1. The zero-order valence-electron chi connectivity index (χ0n) is 9.53. The lowest BCUT2D eigenvalue weighted by Crippen LogP contribution is -2.13. The highest BCUT2D eigenvalue weighted by Crippen LogP contribution is 2.18. The molecule has 5 heteroatoms. The van der Waals surface area contributed by atoms with Gasteiger partial charge in [-0.1, -0.05) is 13.8 Å². The van der Waals surface area contributed by atoms with Gasteiger partial charge in [0.15, 0.2) is 0 Å². The molecule has 4 nitrogen and oxygen atoms in total. The standard InChI is InChI=1S/C11H16N4S/c1-8(2)11-15-10(6-16-11)5-12-3-9-4-13-7-14-9/h4,6-8,12H,3,5H2,1-2H3,(H,13,14). The third-order valence-electron chi connectivity index (χ3n) is 2.24. The summed E-state index contributed by atoms with van der Waals surface area (Å²) < 4.78 is 0. The highest BCUT2D eigenvalue weighted by Gasteiger charge is 2.05. The Morgan fingerprint density at radius 1 is 1.44 bits per heavy atom. The molecule has 2 rings (SSSR count). The molecule has 0 radical (unpaired) electrons. The molecule has 86 valence electrons. The molecule has 0 aliphatic heterocycles. The average molecular weight is 236 g/mol. The topological polar surface area (TPSA) is 53.6 Å². The molecule has 0 bridgehead atoms. The smallest absolute Gasteiger partial charge is 0.0954 e. The maximum absolute atomic E-state index is 4.56. The van der Waals surface area contributed by atoms with Crippen molar-refractivity contribution in [1.82, 2.24) is 20.3 Å². The van der Waals surface area contributed by atoms with Gasteiger partial charge in [-0.05, 0) is 0 Å². The number of imidazole rings is 1. The van der Waals surface area contributed by atoms with E-state index >= 15 is 0 Å². The van der Waals surface area contributed by atoms with Crippen molar-refractivity contribution >= 4 is 11.3 Å². The van der Waals surface area contributed by atoms with Gasteiger partial charge in [-0.2, -0.15) is 0 Å². The molecular weight excluding hydrogens is 220 g/mol. The summed E-state index contributed by atoms with van der Waals surface area (Å²) in [7, 11) is 0. The number of aromatic amines is 1. The Morgan fingerprint density at radius 2 is 2.31 bits per heavy atom. The van der Waals surface area contributed by atoms with Gasteiger partial charge >= 0.3 is 0 Å². The molecule has 0 spiro atoms. The van der Waals surface area contributed by atoms with Crippen LogP contribution in [0, 0.1) is 0 Å². The Morgan fingerprint density at radius 3 is 2.94 bits per heavy atom. The van der Waals surface area contributed by atoms with Gasteiger partial charge in [-0.25, -0.2) is 9.97 Å². The summed E-state index contributed by atoms with van der Waals surface area (Å²) >= 11 is 1.73. The average Bonchev–Trinajstić information content (AvgIpc) is 2.87. The zero-order valence-corrected chi connectivity index (χ0v) is 10.3. The third-order valence-corrected chi connectivity index (χ3v) is 3.43. The van der Waals surface area contributed by atoms with Crippen LogP contribution < -0.4 is 5.32 Å². The second kappa shape index (κ2) is 5.23. The van der Waals surface area contributed by atoms with E-state index in [0.717, 1.165) is 24.5 Å². The number of thiazole rings is 1. The Bertz CT molecular complexity index is 419. The first kappa shape index (κ1) is 11.3. The Balaban J connectivity index is 1.81. The predicted molar refractivity (Wildman–Crippen MR) is 65.3 cm³/mol. The predicted octanol–water partition coefficient (Wildman–Crippen LogP) is 2.28. The van der Waals surface area contributed by atoms with E-state index in [-0.39, 0.29) is 0 Å². The van der Waals surface area contributed by atoms with Crippen LogP contribution in [0.25, 0.3) is 0 Å². The minimum absolute atomic E-state index is 0.520. The van der Waals surface area contributed by atoms with Gasteiger partial charge in [0.2, 0.25) is 0 Å². The first-order valence-electron chi connectivity index (χ1n) is 5.38. The lowest BCUT2D eigenvalue weighted by Gasteiger charge is -2.00. The molecule has 0 saturated heterocycles. The van der Waals surface area contributed by atoms with Crippen molar-refractivity contribution in [3.05, 3.63) is 34.3 Å². The maximum atomic E-state index is 4.56. The minimum Gasteiger partial charge on any atom is -0.347 e. The number of hydrogen-bond donors (Lipinski definition) is 2. The minimum atomic E-state index is 0.520. The quantitative estimate of drug-likeness (QED) is 0.837. The van der Waals surface area contributed by atoms with E-state index < -0.39 is 0 Å². The lowest BCUT2D eigenvalue weighted by atomic mass is 10.2. The van der Waals surface area contributed by atoms with Gasteiger partial charge in [-0.15, -0.1) is 11.3 Å². The second-order valence-electron chi connectivity index (χ2n) is 4.01. The van der Waals surface area contributed by atoms with E-state index in [0.29, 0.717) is 5.92 Å². The SMILES string of the molecule is CC(C)c1nc(CNCc2cnc[nH]2)cs1. The van der Waals surface area contributed by atoms with Crippen molar-refractivity contribution in [2.24, 2.45) is 0 Å². The molecule has 0 unspecified atom stereocenters. The highest BCUT2D eigenvalue weighted by atomic mass is 32.1. The maximum Gasteiger partial charge on any atom is 0.0954 e. The molecule has 2 aromatic rings. The summed E-state index contributed by atoms with van der Waals surface area (Å²) in [6.07, 6.45) is 3.52. The molecule has 2 aromatic heterocycles. The molecule has 0 saturated carbocycles. The van der Waals surface area contributed by atoms with Crippen LogP contribution >= 0.6 is 11.3 Å². The van der Waals surface area contributed by atoms with Gasteiger partial charge in [0.1, 0.15) is 0 Å². The van der Waals surface area contributed by atoms with Crippen molar-refractivity contribution < 1.29 is 0 Å². The Labute approximate surface area is 99.2 Å². The van der Waals surface area contributed by atoms with Gasteiger partial charge in [0.25, 0.3) is 0 Å². The lowest BCUT2D eigenvalue weighted by molar-refractivity contribution is 0.668. The summed E-state index contributed by atoms with van der Waals surface area (Å²) in [5, 5.41) is 6.66. The summed E-state index contributed by atoms with van der Waals surface area (Å²) in [4.78, 5) is 11.6. The molecule has 0 amide bonds. The van der Waals surface area contributed by atoms with Crippen LogP contribution in [0.5, 0.6) is 0 Å². The van der Waals surface area contributed by atoms with E-state index in [9.17, 15) is 0 Å². The van der Waals surface area contributed by atoms with Gasteiger partial charge < -0.3 is 10.3 Å². The Kier molecular flexibility index (Phi) is 3.69. The molecule has 2 heterocycles. The van der Waals surface area contributed by atoms with Crippen LogP contribution in [-0.2, 0) is 13.1 Å². The molecule has 0 fully saturated rings. The Hall–Kier alpha value is -1.20. The fourth-order valence-electron chi connectivity index (χ4n) is 1.38. The van der Waals surface area contributed by atoms with Gasteiger partial charge in [-0.3, -0.25) is 0 Å². The van der Waals surface area contributed by atoms with Crippen molar-refractivity contribution in [2.75, 3.05) is 0 Å². The summed E-state index contributed by atoms with van der Waals surface area (Å²) in [5.41, 5.74) is 2.22. The number of aromatic nitrogens is 3. The molecule has 16 heavy (non-hydrogen) atoms. The fourth-order valence-corrected chi connectivity index (χ4v) is 2.21. The van der Waals surface area contributed by atoms with Crippen LogP contribution in [0.3, 0.4) is 0 Å². The molecule has 0 atom stereocenters. The molecular formula is C11H16N4S. The number of nitrogens with one attached hydrogen (secondary N) is 2. The van der Waals surface area contributed by atoms with Crippen LogP contribution in [0.1, 0.15) is 36.2 Å². The fraction of sp³-hybridized carbons (Fsp3) is 0.455. The van der Waals surface area contributed by atoms with Crippen LogP contribution in [0.4, 0.5) is 0 Å². The molecule has 0 aromatic carbocycles. The monoisotopic (exact) mass is 236 g/mol. The van der Waals surface area contributed by atoms with Crippen LogP contribution in [0.15, 0.2) is 17.9 Å². The van der Waals surface area contributed by atoms with E-state index in [1.165, 1.54) is 5.01 Å². The highest BCUT2D eigenvalue weighted by molar-refractivity contribution is 7.09. The van der Waals surface area contributed by atoms with Gasteiger partial charge in [0, 0.05) is 36.3 Å². The number of hydrogen-bond acceptors (Lipinski definition) is 4. The second-order valence-corrected chi connectivity index (χ2v) is 4.90. The summed E-state index contributed by atoms with van der Waals surface area (Å²) in [6, 6.07) is 0.